The average Bonchev–Trinajstić information content (AvgIpc) is 2.47. The highest BCUT2D eigenvalue weighted by Gasteiger charge is 2.15. The summed E-state index contributed by atoms with van der Waals surface area (Å²) in [6.07, 6.45) is 3.26. The Morgan fingerprint density at radius 1 is 1.23 bits per heavy atom. The van der Waals surface area contributed by atoms with Crippen molar-refractivity contribution >= 4 is 11.2 Å². The zero-order chi connectivity index (χ0) is 9.47. The van der Waals surface area contributed by atoms with E-state index in [-0.39, 0.29) is 5.41 Å². The van der Waals surface area contributed by atoms with E-state index in [1.165, 1.54) is 12.0 Å². The van der Waals surface area contributed by atoms with E-state index in [9.17, 15) is 0 Å². The van der Waals surface area contributed by atoms with E-state index < -0.39 is 0 Å². The zero-order valence-corrected chi connectivity index (χ0v) is 8.03. The molecular formula is C10H12N2O. The van der Waals surface area contributed by atoms with Crippen LogP contribution < -0.4 is 0 Å². The molecule has 2 aromatic rings. The van der Waals surface area contributed by atoms with Crippen molar-refractivity contribution in [2.24, 2.45) is 0 Å². The van der Waals surface area contributed by atoms with Gasteiger partial charge in [-0.15, -0.1) is 0 Å². The molecule has 3 nitrogen and oxygen atoms in total. The maximum absolute atomic E-state index is 5.06. The number of rotatable bonds is 0. The lowest BCUT2D eigenvalue weighted by Gasteiger charge is -2.17. The average molecular weight is 176 g/mol. The lowest BCUT2D eigenvalue weighted by molar-refractivity contribution is 0.579. The van der Waals surface area contributed by atoms with Crippen LogP contribution in [-0.4, -0.2) is 9.97 Å². The Kier molecular flexibility index (Phi) is 1.62. The van der Waals surface area contributed by atoms with Crippen LogP contribution in [0.25, 0.3) is 11.2 Å². The van der Waals surface area contributed by atoms with E-state index in [0.717, 1.165) is 5.52 Å². The number of pyridine rings is 1. The molecule has 13 heavy (non-hydrogen) atoms. The number of hydrogen-bond donors (Lipinski definition) is 0. The van der Waals surface area contributed by atoms with E-state index in [4.69, 9.17) is 4.42 Å². The van der Waals surface area contributed by atoms with Crippen LogP contribution >= 0.6 is 0 Å². The van der Waals surface area contributed by atoms with Crippen molar-refractivity contribution in [1.29, 1.82) is 0 Å². The van der Waals surface area contributed by atoms with Gasteiger partial charge < -0.3 is 4.42 Å². The summed E-state index contributed by atoms with van der Waals surface area (Å²) in [5.41, 5.74) is 2.72. The van der Waals surface area contributed by atoms with Gasteiger partial charge in [-0.2, -0.15) is 0 Å². The zero-order valence-electron chi connectivity index (χ0n) is 8.03. The molecule has 0 saturated heterocycles. The van der Waals surface area contributed by atoms with Crippen LogP contribution in [0.15, 0.2) is 23.1 Å². The Bertz CT molecular complexity index is 426. The van der Waals surface area contributed by atoms with Crippen molar-refractivity contribution in [3.63, 3.8) is 0 Å². The van der Waals surface area contributed by atoms with E-state index in [2.05, 4.69) is 30.7 Å². The second-order valence-corrected chi connectivity index (χ2v) is 4.15. The van der Waals surface area contributed by atoms with Crippen LogP contribution in [0.2, 0.25) is 0 Å². The van der Waals surface area contributed by atoms with Gasteiger partial charge >= 0.3 is 0 Å². The number of nitrogens with zero attached hydrogens (tertiary/aromatic N) is 2. The Hall–Kier alpha value is -1.38. The van der Waals surface area contributed by atoms with Crippen molar-refractivity contribution in [3.8, 4) is 0 Å². The molecule has 68 valence electrons. The van der Waals surface area contributed by atoms with Gasteiger partial charge in [0.15, 0.2) is 6.39 Å². The largest absolute Gasteiger partial charge is 0.425 e. The molecule has 0 aliphatic carbocycles. The molecule has 0 radical (unpaired) electrons. The van der Waals surface area contributed by atoms with Crippen molar-refractivity contribution in [1.82, 2.24) is 9.97 Å². The molecule has 0 amide bonds. The first-order valence-electron chi connectivity index (χ1n) is 4.27. The first-order valence-corrected chi connectivity index (χ1v) is 4.27. The Morgan fingerprint density at radius 2 is 2.00 bits per heavy atom. The maximum Gasteiger partial charge on any atom is 0.246 e. The summed E-state index contributed by atoms with van der Waals surface area (Å²) in [4.78, 5) is 8.24. The van der Waals surface area contributed by atoms with E-state index in [1.54, 1.807) is 0 Å². The molecule has 2 aromatic heterocycles. The highest BCUT2D eigenvalue weighted by Crippen LogP contribution is 2.23. The van der Waals surface area contributed by atoms with Crippen LogP contribution in [0.5, 0.6) is 0 Å². The molecule has 0 spiro atoms. The third-order valence-electron chi connectivity index (χ3n) is 2.05. The minimum Gasteiger partial charge on any atom is -0.425 e. The lowest BCUT2D eigenvalue weighted by Crippen LogP contribution is -2.11. The predicted octanol–water partition coefficient (Wildman–Crippen LogP) is 2.52. The minimum absolute atomic E-state index is 0.111. The smallest absolute Gasteiger partial charge is 0.246 e. The van der Waals surface area contributed by atoms with E-state index in [0.29, 0.717) is 5.71 Å². The Balaban J connectivity index is 2.61. The summed E-state index contributed by atoms with van der Waals surface area (Å²) in [6, 6.07) is 2.02. The Labute approximate surface area is 76.8 Å². The molecule has 0 aliphatic heterocycles. The molecule has 0 fully saturated rings. The third kappa shape index (κ3) is 1.41. The molecular weight excluding hydrogens is 164 g/mol. The van der Waals surface area contributed by atoms with Crippen LogP contribution in [0, 0.1) is 0 Å². The lowest BCUT2D eigenvalue weighted by atomic mass is 9.88. The first kappa shape index (κ1) is 8.23. The molecule has 0 aromatic carbocycles. The fourth-order valence-corrected chi connectivity index (χ4v) is 1.17. The molecule has 2 rings (SSSR count). The van der Waals surface area contributed by atoms with Crippen LogP contribution in [0.4, 0.5) is 0 Å². The number of hydrogen-bond acceptors (Lipinski definition) is 3. The summed E-state index contributed by atoms with van der Waals surface area (Å²) >= 11 is 0. The molecule has 0 atom stereocenters. The minimum atomic E-state index is 0.111. The summed E-state index contributed by atoms with van der Waals surface area (Å²) in [5, 5.41) is 0. The van der Waals surface area contributed by atoms with E-state index in [1.807, 2.05) is 12.3 Å². The maximum atomic E-state index is 5.06. The van der Waals surface area contributed by atoms with Gasteiger partial charge in [-0.25, -0.2) is 9.97 Å². The first-order chi connectivity index (χ1) is 6.07. The van der Waals surface area contributed by atoms with Gasteiger partial charge in [0.1, 0.15) is 5.52 Å². The van der Waals surface area contributed by atoms with E-state index >= 15 is 0 Å². The summed E-state index contributed by atoms with van der Waals surface area (Å²) in [7, 11) is 0. The fourth-order valence-electron chi connectivity index (χ4n) is 1.17. The molecule has 2 heterocycles. The number of oxazole rings is 1. The van der Waals surface area contributed by atoms with Crippen molar-refractivity contribution in [2.75, 3.05) is 0 Å². The molecule has 0 saturated carbocycles. The van der Waals surface area contributed by atoms with Gasteiger partial charge in [-0.1, -0.05) is 20.8 Å². The summed E-state index contributed by atoms with van der Waals surface area (Å²) < 4.78 is 5.06. The van der Waals surface area contributed by atoms with Gasteiger partial charge in [0.25, 0.3) is 0 Å². The molecule has 0 unspecified atom stereocenters. The molecule has 0 aliphatic rings. The SMILES string of the molecule is CC(C)(C)c1cnc2ocnc2c1. The molecule has 0 bridgehead atoms. The number of aromatic nitrogens is 2. The fraction of sp³-hybridized carbons (Fsp3) is 0.400. The molecule has 0 N–H and O–H groups in total. The van der Waals surface area contributed by atoms with Gasteiger partial charge in [-0.05, 0) is 17.0 Å². The standard InChI is InChI=1S/C10H12N2O/c1-10(2,3)7-4-8-9(11-5-7)13-6-12-8/h4-6H,1-3H3. The number of fused-ring (bicyclic) bond motifs is 1. The van der Waals surface area contributed by atoms with Gasteiger partial charge in [0, 0.05) is 6.20 Å². The van der Waals surface area contributed by atoms with Crippen molar-refractivity contribution in [2.45, 2.75) is 26.2 Å². The van der Waals surface area contributed by atoms with Crippen LogP contribution in [-0.2, 0) is 5.41 Å². The monoisotopic (exact) mass is 176 g/mol. The van der Waals surface area contributed by atoms with Gasteiger partial charge in [-0.3, -0.25) is 0 Å². The Morgan fingerprint density at radius 3 is 2.69 bits per heavy atom. The normalized spacial score (nSPS) is 12.2. The second-order valence-electron chi connectivity index (χ2n) is 4.15. The highest BCUT2D eigenvalue weighted by atomic mass is 16.3. The van der Waals surface area contributed by atoms with Gasteiger partial charge in [0.2, 0.25) is 5.71 Å². The second kappa shape index (κ2) is 2.55. The van der Waals surface area contributed by atoms with Crippen molar-refractivity contribution < 1.29 is 4.42 Å². The summed E-state index contributed by atoms with van der Waals surface area (Å²) in [6.45, 7) is 6.45. The van der Waals surface area contributed by atoms with Gasteiger partial charge in [0.05, 0.1) is 0 Å². The highest BCUT2D eigenvalue weighted by molar-refractivity contribution is 5.68. The van der Waals surface area contributed by atoms with Crippen molar-refractivity contribution in [3.05, 3.63) is 24.2 Å². The summed E-state index contributed by atoms with van der Waals surface area (Å²) in [5.74, 6) is 0. The quantitative estimate of drug-likeness (QED) is 0.619. The topological polar surface area (TPSA) is 38.9 Å². The van der Waals surface area contributed by atoms with Crippen LogP contribution in [0.3, 0.4) is 0 Å². The van der Waals surface area contributed by atoms with Crippen LogP contribution in [0.1, 0.15) is 26.3 Å². The predicted molar refractivity (Wildman–Crippen MR) is 50.5 cm³/mol. The molecule has 3 heteroatoms. The third-order valence-corrected chi connectivity index (χ3v) is 2.05.